The molecule has 0 spiro atoms. The highest BCUT2D eigenvalue weighted by Crippen LogP contribution is 2.25. The topological polar surface area (TPSA) is 69.7 Å². The van der Waals surface area contributed by atoms with Crippen molar-refractivity contribution in [2.45, 2.75) is 53.0 Å². The number of rotatable bonds is 2. The van der Waals surface area contributed by atoms with Crippen LogP contribution in [0, 0.1) is 11.3 Å². The average molecular weight is 323 g/mol. The van der Waals surface area contributed by atoms with E-state index < -0.39 is 5.41 Å². The number of carbonyl (C=O) groups is 3. The van der Waals surface area contributed by atoms with E-state index in [2.05, 4.69) is 5.32 Å². The second-order valence-electron chi connectivity index (χ2n) is 7.59. The highest BCUT2D eigenvalue weighted by atomic mass is 16.2. The highest BCUT2D eigenvalue weighted by molar-refractivity contribution is 5.90. The van der Waals surface area contributed by atoms with Crippen molar-refractivity contribution in [3.8, 4) is 0 Å². The second-order valence-corrected chi connectivity index (χ2v) is 7.59. The molecule has 130 valence electrons. The number of nitrogens with one attached hydrogen (secondary N) is 1. The van der Waals surface area contributed by atoms with E-state index >= 15 is 0 Å². The fraction of sp³-hybridized carbons (Fsp3) is 0.824. The molecule has 23 heavy (non-hydrogen) atoms. The summed E-state index contributed by atoms with van der Waals surface area (Å²) >= 11 is 0. The van der Waals surface area contributed by atoms with E-state index in [1.807, 2.05) is 32.6 Å². The number of hydrogen-bond acceptors (Lipinski definition) is 3. The number of carbonyl (C=O) groups excluding carboxylic acids is 3. The van der Waals surface area contributed by atoms with Crippen LogP contribution in [0.15, 0.2) is 0 Å². The molecule has 6 heteroatoms. The standard InChI is InChI=1S/C17H29N3O3/c1-5-13-14(21)18-8-10-20(13)15(22)12-7-6-9-19(11-12)16(23)17(2,3)4/h12-13H,5-11H2,1-4H3,(H,18,21). The van der Waals surface area contributed by atoms with E-state index in [1.165, 1.54) is 0 Å². The van der Waals surface area contributed by atoms with E-state index in [1.54, 1.807) is 4.90 Å². The van der Waals surface area contributed by atoms with E-state index in [4.69, 9.17) is 0 Å². The molecule has 2 rings (SSSR count). The van der Waals surface area contributed by atoms with Crippen LogP contribution in [0.2, 0.25) is 0 Å². The first-order valence-corrected chi connectivity index (χ1v) is 8.63. The Kier molecular flexibility index (Phi) is 5.32. The Morgan fingerprint density at radius 1 is 1.26 bits per heavy atom. The molecule has 6 nitrogen and oxygen atoms in total. The summed E-state index contributed by atoms with van der Waals surface area (Å²) in [6.07, 6.45) is 2.26. The lowest BCUT2D eigenvalue weighted by molar-refractivity contribution is -0.150. The molecule has 2 aliphatic rings. The third kappa shape index (κ3) is 3.85. The fourth-order valence-electron chi connectivity index (χ4n) is 3.46. The van der Waals surface area contributed by atoms with Gasteiger partial charge in [0.25, 0.3) is 0 Å². The van der Waals surface area contributed by atoms with Crippen molar-refractivity contribution in [1.29, 1.82) is 0 Å². The van der Waals surface area contributed by atoms with Gasteiger partial charge in [0.2, 0.25) is 17.7 Å². The molecule has 3 amide bonds. The van der Waals surface area contributed by atoms with Gasteiger partial charge < -0.3 is 15.1 Å². The highest BCUT2D eigenvalue weighted by Gasteiger charge is 2.38. The molecular weight excluding hydrogens is 294 g/mol. The third-order valence-electron chi connectivity index (χ3n) is 4.70. The molecule has 0 saturated carbocycles. The monoisotopic (exact) mass is 323 g/mol. The molecular formula is C17H29N3O3. The summed E-state index contributed by atoms with van der Waals surface area (Å²) < 4.78 is 0. The van der Waals surface area contributed by atoms with Gasteiger partial charge in [-0.1, -0.05) is 27.7 Å². The van der Waals surface area contributed by atoms with Crippen LogP contribution in [-0.4, -0.2) is 59.7 Å². The first-order chi connectivity index (χ1) is 10.8. The summed E-state index contributed by atoms with van der Waals surface area (Å²) in [6.45, 7) is 9.91. The number of hydrogen-bond donors (Lipinski definition) is 1. The molecule has 2 aliphatic heterocycles. The largest absolute Gasteiger partial charge is 0.353 e. The van der Waals surface area contributed by atoms with E-state index in [0.717, 1.165) is 19.4 Å². The Morgan fingerprint density at radius 3 is 2.57 bits per heavy atom. The molecule has 1 N–H and O–H groups in total. The van der Waals surface area contributed by atoms with Crippen LogP contribution in [0.5, 0.6) is 0 Å². The molecule has 2 atom stereocenters. The van der Waals surface area contributed by atoms with Crippen LogP contribution >= 0.6 is 0 Å². The quantitative estimate of drug-likeness (QED) is 0.824. The lowest BCUT2D eigenvalue weighted by atomic mass is 9.90. The average Bonchev–Trinajstić information content (AvgIpc) is 2.52. The lowest BCUT2D eigenvalue weighted by Gasteiger charge is -2.40. The maximum Gasteiger partial charge on any atom is 0.242 e. The summed E-state index contributed by atoms with van der Waals surface area (Å²) in [5, 5.41) is 2.82. The van der Waals surface area contributed by atoms with Crippen LogP contribution in [-0.2, 0) is 14.4 Å². The first-order valence-electron chi connectivity index (χ1n) is 8.63. The van der Waals surface area contributed by atoms with Gasteiger partial charge >= 0.3 is 0 Å². The summed E-state index contributed by atoms with van der Waals surface area (Å²) in [7, 11) is 0. The van der Waals surface area contributed by atoms with Gasteiger partial charge in [-0.15, -0.1) is 0 Å². The predicted octanol–water partition coefficient (Wildman–Crippen LogP) is 1.01. The second kappa shape index (κ2) is 6.89. The Morgan fingerprint density at radius 2 is 1.96 bits per heavy atom. The molecule has 0 aromatic carbocycles. The van der Waals surface area contributed by atoms with Crippen molar-refractivity contribution in [2.75, 3.05) is 26.2 Å². The number of piperidine rings is 1. The minimum atomic E-state index is -0.429. The minimum absolute atomic E-state index is 0.0260. The van der Waals surface area contributed by atoms with E-state index in [-0.39, 0.29) is 29.7 Å². The van der Waals surface area contributed by atoms with Gasteiger partial charge in [-0.05, 0) is 19.3 Å². The van der Waals surface area contributed by atoms with Gasteiger partial charge in [-0.25, -0.2) is 0 Å². The number of piperazine rings is 1. The Bertz CT molecular complexity index is 484. The third-order valence-corrected chi connectivity index (χ3v) is 4.70. The molecule has 0 aromatic rings. The van der Waals surface area contributed by atoms with E-state index in [0.29, 0.717) is 26.1 Å². The molecule has 0 radical (unpaired) electrons. The van der Waals surface area contributed by atoms with Crippen LogP contribution in [0.3, 0.4) is 0 Å². The van der Waals surface area contributed by atoms with Crippen LogP contribution in [0.25, 0.3) is 0 Å². The van der Waals surface area contributed by atoms with Crippen molar-refractivity contribution in [2.24, 2.45) is 11.3 Å². The predicted molar refractivity (Wildman–Crippen MR) is 87.6 cm³/mol. The smallest absolute Gasteiger partial charge is 0.242 e. The van der Waals surface area contributed by atoms with Crippen molar-refractivity contribution in [3.05, 3.63) is 0 Å². The van der Waals surface area contributed by atoms with Crippen LogP contribution in [0.1, 0.15) is 47.0 Å². The van der Waals surface area contributed by atoms with Gasteiger partial charge in [-0.2, -0.15) is 0 Å². The van der Waals surface area contributed by atoms with E-state index in [9.17, 15) is 14.4 Å². The van der Waals surface area contributed by atoms with Crippen molar-refractivity contribution < 1.29 is 14.4 Å². The summed E-state index contributed by atoms with van der Waals surface area (Å²) in [5.74, 6) is -0.128. The Labute approximate surface area is 138 Å². The van der Waals surface area contributed by atoms with Gasteiger partial charge in [0, 0.05) is 31.6 Å². The number of nitrogens with zero attached hydrogens (tertiary/aromatic N) is 2. The molecule has 2 unspecified atom stereocenters. The zero-order valence-electron chi connectivity index (χ0n) is 14.7. The molecule has 2 fully saturated rings. The Balaban J connectivity index is 2.07. The fourth-order valence-corrected chi connectivity index (χ4v) is 3.46. The van der Waals surface area contributed by atoms with Gasteiger partial charge in [0.15, 0.2) is 0 Å². The maximum absolute atomic E-state index is 12.9. The first kappa shape index (κ1) is 17.8. The van der Waals surface area contributed by atoms with Crippen LogP contribution in [0.4, 0.5) is 0 Å². The number of likely N-dealkylation sites (tertiary alicyclic amines) is 1. The Hall–Kier alpha value is -1.59. The lowest BCUT2D eigenvalue weighted by Crippen LogP contribution is -2.59. The van der Waals surface area contributed by atoms with Crippen molar-refractivity contribution >= 4 is 17.7 Å². The van der Waals surface area contributed by atoms with Gasteiger partial charge in [0.1, 0.15) is 6.04 Å². The zero-order chi connectivity index (χ0) is 17.2. The van der Waals surface area contributed by atoms with Gasteiger partial charge in [0.05, 0.1) is 5.92 Å². The molecule has 0 aliphatic carbocycles. The van der Waals surface area contributed by atoms with Crippen molar-refractivity contribution in [3.63, 3.8) is 0 Å². The van der Waals surface area contributed by atoms with Gasteiger partial charge in [-0.3, -0.25) is 14.4 Å². The molecule has 0 bridgehead atoms. The maximum atomic E-state index is 12.9. The summed E-state index contributed by atoms with van der Waals surface area (Å²) in [5.41, 5.74) is -0.429. The molecule has 2 heterocycles. The van der Waals surface area contributed by atoms with Crippen molar-refractivity contribution in [1.82, 2.24) is 15.1 Å². The molecule has 2 saturated heterocycles. The molecule has 0 aromatic heterocycles. The zero-order valence-corrected chi connectivity index (χ0v) is 14.7. The number of amides is 3. The van der Waals surface area contributed by atoms with Crippen LogP contribution < -0.4 is 5.32 Å². The summed E-state index contributed by atoms with van der Waals surface area (Å²) in [4.78, 5) is 40.9. The minimum Gasteiger partial charge on any atom is -0.353 e. The SMILES string of the molecule is CCC1C(=O)NCCN1C(=O)C1CCCN(C(=O)C(C)(C)C)C1. The summed E-state index contributed by atoms with van der Waals surface area (Å²) in [6, 6.07) is -0.370. The normalized spacial score (nSPS) is 26.0.